The van der Waals surface area contributed by atoms with Gasteiger partial charge in [0, 0.05) is 0 Å². The molecule has 0 bridgehead atoms. The number of benzene rings is 2. The van der Waals surface area contributed by atoms with Crippen LogP contribution in [0, 0.1) is 13.8 Å². The fourth-order valence-corrected chi connectivity index (χ4v) is 5.75. The number of hydrogen-bond acceptors (Lipinski definition) is 7. The molecule has 0 aliphatic heterocycles. The number of aryl methyl sites for hydroxylation is 2. The Morgan fingerprint density at radius 1 is 1.10 bits per heavy atom. The van der Waals surface area contributed by atoms with E-state index in [1.807, 2.05) is 26.8 Å². The molecule has 2 aromatic carbocycles. The van der Waals surface area contributed by atoms with Crippen molar-refractivity contribution >= 4 is 49.8 Å². The lowest BCUT2D eigenvalue weighted by Crippen LogP contribution is -2.38. The minimum Gasteiger partial charge on any atom is -0.299 e. The van der Waals surface area contributed by atoms with Crippen molar-refractivity contribution in [2.75, 3.05) is 21.9 Å². The number of nitrogens with zero attached hydrogens (tertiary/aromatic N) is 3. The van der Waals surface area contributed by atoms with E-state index in [4.69, 9.17) is 0 Å². The number of hydrogen-bond donors (Lipinski definition) is 1. The van der Waals surface area contributed by atoms with Crippen molar-refractivity contribution in [2.45, 2.75) is 30.0 Å². The summed E-state index contributed by atoms with van der Waals surface area (Å²) in [6.07, 6.45) is 0. The maximum absolute atomic E-state index is 13.3. The number of aromatic nitrogens is 2. The topological polar surface area (TPSA) is 92.3 Å². The first-order valence-electron chi connectivity index (χ1n) is 9.22. The molecule has 1 N–H and O–H groups in total. The molecule has 10 heteroatoms. The molecular formula is C20H22N4O3S3. The standard InChI is InChI=1S/C20H22N4O3S3/c1-4-28-20-23-22-19(29-20)21-18(25)13-24(16-11-10-14(2)15(3)12-16)30(26,27)17-8-6-5-7-9-17/h5-12H,4,13H2,1-3H3,(H,21,22,25). The first kappa shape index (κ1) is 22.3. The fourth-order valence-electron chi connectivity index (χ4n) is 2.65. The minimum atomic E-state index is -3.94. The summed E-state index contributed by atoms with van der Waals surface area (Å²) in [5, 5.41) is 10.9. The Bertz CT molecular complexity index is 1130. The van der Waals surface area contributed by atoms with Crippen LogP contribution in [0.2, 0.25) is 0 Å². The predicted molar refractivity (Wildman–Crippen MR) is 122 cm³/mol. The highest BCUT2D eigenvalue weighted by Crippen LogP contribution is 2.27. The summed E-state index contributed by atoms with van der Waals surface area (Å²) in [5.74, 6) is 0.357. The van der Waals surface area contributed by atoms with E-state index in [9.17, 15) is 13.2 Å². The fraction of sp³-hybridized carbons (Fsp3) is 0.250. The summed E-state index contributed by atoms with van der Waals surface area (Å²) in [7, 11) is -3.94. The molecule has 3 rings (SSSR count). The van der Waals surface area contributed by atoms with Crippen LogP contribution in [-0.2, 0) is 14.8 Å². The molecule has 0 radical (unpaired) electrons. The van der Waals surface area contributed by atoms with Crippen LogP contribution in [0.3, 0.4) is 0 Å². The Kier molecular flexibility index (Phi) is 7.11. The highest BCUT2D eigenvalue weighted by molar-refractivity contribution is 8.01. The average molecular weight is 463 g/mol. The van der Waals surface area contributed by atoms with Gasteiger partial charge in [-0.05, 0) is 55.0 Å². The monoisotopic (exact) mass is 462 g/mol. The van der Waals surface area contributed by atoms with E-state index in [1.165, 1.54) is 35.2 Å². The largest absolute Gasteiger partial charge is 0.299 e. The lowest BCUT2D eigenvalue weighted by Gasteiger charge is -2.24. The number of sulfonamides is 1. The van der Waals surface area contributed by atoms with Gasteiger partial charge in [-0.15, -0.1) is 10.2 Å². The molecule has 0 fully saturated rings. The van der Waals surface area contributed by atoms with Gasteiger partial charge < -0.3 is 0 Å². The molecule has 1 heterocycles. The van der Waals surface area contributed by atoms with Gasteiger partial charge in [-0.1, -0.05) is 54.3 Å². The van der Waals surface area contributed by atoms with Crippen LogP contribution >= 0.6 is 23.1 Å². The van der Waals surface area contributed by atoms with Crippen LogP contribution in [0.5, 0.6) is 0 Å². The highest BCUT2D eigenvalue weighted by Gasteiger charge is 2.27. The van der Waals surface area contributed by atoms with Crippen LogP contribution in [0.15, 0.2) is 57.8 Å². The third-order valence-electron chi connectivity index (χ3n) is 4.32. The molecule has 1 aromatic heterocycles. The first-order chi connectivity index (χ1) is 14.3. The lowest BCUT2D eigenvalue weighted by atomic mass is 10.1. The van der Waals surface area contributed by atoms with E-state index in [0.29, 0.717) is 10.8 Å². The van der Waals surface area contributed by atoms with Crippen molar-refractivity contribution in [2.24, 2.45) is 0 Å². The van der Waals surface area contributed by atoms with Crippen molar-refractivity contribution in [1.29, 1.82) is 0 Å². The quantitative estimate of drug-likeness (QED) is 0.400. The van der Waals surface area contributed by atoms with Gasteiger partial charge in [-0.2, -0.15) is 0 Å². The SMILES string of the molecule is CCSc1nnc(NC(=O)CN(c2ccc(C)c(C)c2)S(=O)(=O)c2ccccc2)s1. The third-order valence-corrected chi connectivity index (χ3v) is 7.96. The molecule has 1 amide bonds. The smallest absolute Gasteiger partial charge is 0.264 e. The Hall–Kier alpha value is -2.43. The van der Waals surface area contributed by atoms with Crippen LogP contribution in [0.4, 0.5) is 10.8 Å². The zero-order chi connectivity index (χ0) is 21.7. The van der Waals surface area contributed by atoms with Crippen LogP contribution in [0.1, 0.15) is 18.1 Å². The second-order valence-corrected chi connectivity index (χ2v) is 10.8. The number of anilines is 2. The summed E-state index contributed by atoms with van der Waals surface area (Å²) in [5.41, 5.74) is 2.40. The van der Waals surface area contributed by atoms with Gasteiger partial charge in [0.25, 0.3) is 10.0 Å². The van der Waals surface area contributed by atoms with Crippen molar-refractivity contribution < 1.29 is 13.2 Å². The highest BCUT2D eigenvalue weighted by atomic mass is 32.2. The van der Waals surface area contributed by atoms with E-state index >= 15 is 0 Å². The Balaban J connectivity index is 1.90. The van der Waals surface area contributed by atoms with E-state index in [2.05, 4.69) is 15.5 Å². The first-order valence-corrected chi connectivity index (χ1v) is 12.5. The van der Waals surface area contributed by atoms with E-state index in [-0.39, 0.29) is 11.4 Å². The molecule has 0 atom stereocenters. The normalized spacial score (nSPS) is 11.3. The molecule has 0 aliphatic rings. The van der Waals surface area contributed by atoms with Gasteiger partial charge in [0.15, 0.2) is 4.34 Å². The number of rotatable bonds is 8. The Morgan fingerprint density at radius 2 is 1.83 bits per heavy atom. The molecular weight excluding hydrogens is 440 g/mol. The lowest BCUT2D eigenvalue weighted by molar-refractivity contribution is -0.114. The number of thioether (sulfide) groups is 1. The summed E-state index contributed by atoms with van der Waals surface area (Å²) >= 11 is 2.78. The van der Waals surface area contributed by atoms with Gasteiger partial charge in [0.1, 0.15) is 6.54 Å². The van der Waals surface area contributed by atoms with Crippen LogP contribution in [-0.4, -0.2) is 36.8 Å². The maximum atomic E-state index is 13.3. The molecule has 30 heavy (non-hydrogen) atoms. The van der Waals surface area contributed by atoms with Gasteiger partial charge in [-0.25, -0.2) is 8.42 Å². The maximum Gasteiger partial charge on any atom is 0.264 e. The molecule has 0 saturated carbocycles. The van der Waals surface area contributed by atoms with Gasteiger partial charge >= 0.3 is 0 Å². The van der Waals surface area contributed by atoms with Gasteiger partial charge in [-0.3, -0.25) is 14.4 Å². The molecule has 0 spiro atoms. The average Bonchev–Trinajstić information content (AvgIpc) is 3.16. The summed E-state index contributed by atoms with van der Waals surface area (Å²) in [6.45, 7) is 5.47. The van der Waals surface area contributed by atoms with E-state index in [0.717, 1.165) is 25.5 Å². The third kappa shape index (κ3) is 5.18. The van der Waals surface area contributed by atoms with E-state index < -0.39 is 15.9 Å². The zero-order valence-corrected chi connectivity index (χ0v) is 19.3. The molecule has 0 saturated heterocycles. The molecule has 0 aliphatic carbocycles. The summed E-state index contributed by atoms with van der Waals surface area (Å²) in [4.78, 5) is 12.8. The number of carbonyl (C=O) groups is 1. The zero-order valence-electron chi connectivity index (χ0n) is 16.8. The second kappa shape index (κ2) is 9.59. The van der Waals surface area contributed by atoms with Crippen LogP contribution < -0.4 is 9.62 Å². The Morgan fingerprint density at radius 3 is 2.50 bits per heavy atom. The molecule has 158 valence electrons. The predicted octanol–water partition coefficient (Wildman–Crippen LogP) is 4.10. The summed E-state index contributed by atoms with van der Waals surface area (Å²) < 4.78 is 28.5. The van der Waals surface area contributed by atoms with Crippen molar-refractivity contribution in [1.82, 2.24) is 10.2 Å². The number of carbonyl (C=O) groups excluding carboxylic acids is 1. The Labute approximate surface area is 184 Å². The number of nitrogens with one attached hydrogen (secondary N) is 1. The van der Waals surface area contributed by atoms with Crippen molar-refractivity contribution in [3.63, 3.8) is 0 Å². The van der Waals surface area contributed by atoms with Crippen molar-refractivity contribution in [3.05, 3.63) is 59.7 Å². The van der Waals surface area contributed by atoms with Gasteiger partial charge in [0.2, 0.25) is 11.0 Å². The van der Waals surface area contributed by atoms with Gasteiger partial charge in [0.05, 0.1) is 10.6 Å². The van der Waals surface area contributed by atoms with Crippen molar-refractivity contribution in [3.8, 4) is 0 Å². The summed E-state index contributed by atoms with van der Waals surface area (Å²) in [6, 6.07) is 13.4. The number of amides is 1. The second-order valence-electron chi connectivity index (χ2n) is 6.45. The molecule has 0 unspecified atom stereocenters. The molecule has 7 nitrogen and oxygen atoms in total. The minimum absolute atomic E-state index is 0.119. The van der Waals surface area contributed by atoms with E-state index in [1.54, 1.807) is 30.3 Å². The van der Waals surface area contributed by atoms with Crippen LogP contribution in [0.25, 0.3) is 0 Å². The molecule has 3 aromatic rings.